The molecule has 4 nitrogen and oxygen atoms in total. The fraction of sp³-hybridized carbons (Fsp3) is 0.0667. The Labute approximate surface area is 130 Å². The summed E-state index contributed by atoms with van der Waals surface area (Å²) in [5.74, 6) is 6.18. The molecule has 2 N–H and O–H groups in total. The van der Waals surface area contributed by atoms with Crippen LogP contribution in [0.4, 0.5) is 8.78 Å². The highest BCUT2D eigenvalue weighted by Crippen LogP contribution is 2.25. The summed E-state index contributed by atoms with van der Waals surface area (Å²) in [5, 5.41) is 8.46. The third-order valence-corrected chi connectivity index (χ3v) is 4.07. The van der Waals surface area contributed by atoms with Gasteiger partial charge in [0.25, 0.3) is 0 Å². The van der Waals surface area contributed by atoms with Crippen LogP contribution in [0.5, 0.6) is 0 Å². The highest BCUT2D eigenvalue weighted by Gasteiger charge is 2.13. The molecule has 0 fully saturated rings. The van der Waals surface area contributed by atoms with E-state index in [4.69, 9.17) is 5.84 Å². The molecule has 0 radical (unpaired) electrons. The number of hydrogen-bond donors (Lipinski definition) is 1. The first-order chi connectivity index (χ1) is 10.6. The molecule has 0 aliphatic rings. The molecule has 112 valence electrons. The molecule has 0 aliphatic carbocycles. The van der Waals surface area contributed by atoms with Crippen LogP contribution in [0.1, 0.15) is 5.56 Å². The van der Waals surface area contributed by atoms with Gasteiger partial charge >= 0.3 is 0 Å². The van der Waals surface area contributed by atoms with E-state index in [1.807, 2.05) is 0 Å². The minimum absolute atomic E-state index is 0.267. The summed E-state index contributed by atoms with van der Waals surface area (Å²) in [6.45, 7) is 0. The molecule has 3 rings (SSSR count). The first-order valence-corrected chi connectivity index (χ1v) is 7.46. The van der Waals surface area contributed by atoms with Crippen LogP contribution in [0.15, 0.2) is 53.7 Å². The number of aromatic nitrogens is 3. The fourth-order valence-electron chi connectivity index (χ4n) is 1.93. The van der Waals surface area contributed by atoms with E-state index in [-0.39, 0.29) is 11.6 Å². The van der Waals surface area contributed by atoms with Gasteiger partial charge in [0.1, 0.15) is 11.6 Å². The topological polar surface area (TPSA) is 56.7 Å². The van der Waals surface area contributed by atoms with Gasteiger partial charge in [0.15, 0.2) is 5.82 Å². The van der Waals surface area contributed by atoms with Crippen molar-refractivity contribution >= 4 is 11.8 Å². The van der Waals surface area contributed by atoms with Gasteiger partial charge < -0.3 is 5.84 Å². The zero-order valence-electron chi connectivity index (χ0n) is 11.4. The van der Waals surface area contributed by atoms with Gasteiger partial charge in [0, 0.05) is 11.3 Å². The fourth-order valence-corrected chi connectivity index (χ4v) is 2.77. The van der Waals surface area contributed by atoms with Crippen molar-refractivity contribution in [2.24, 2.45) is 0 Å². The minimum atomic E-state index is -0.332. The van der Waals surface area contributed by atoms with Crippen LogP contribution in [0.25, 0.3) is 11.4 Å². The molecule has 22 heavy (non-hydrogen) atoms. The highest BCUT2D eigenvalue weighted by molar-refractivity contribution is 7.98. The monoisotopic (exact) mass is 318 g/mol. The molecule has 0 spiro atoms. The maximum Gasteiger partial charge on any atom is 0.210 e. The normalized spacial score (nSPS) is 10.8. The molecule has 0 unspecified atom stereocenters. The van der Waals surface area contributed by atoms with Crippen molar-refractivity contribution in [3.8, 4) is 11.4 Å². The Morgan fingerprint density at radius 1 is 1.00 bits per heavy atom. The molecule has 3 aromatic rings. The lowest BCUT2D eigenvalue weighted by Gasteiger charge is -2.04. The Balaban J connectivity index is 1.79. The van der Waals surface area contributed by atoms with Crippen molar-refractivity contribution in [2.75, 3.05) is 5.84 Å². The maximum absolute atomic E-state index is 13.6. The predicted octanol–water partition coefficient (Wildman–Crippen LogP) is 3.23. The molecule has 0 amide bonds. The van der Waals surface area contributed by atoms with Gasteiger partial charge in [-0.1, -0.05) is 30.0 Å². The van der Waals surface area contributed by atoms with Gasteiger partial charge in [-0.05, 0) is 35.9 Å². The summed E-state index contributed by atoms with van der Waals surface area (Å²) >= 11 is 1.28. The second-order valence-corrected chi connectivity index (χ2v) is 5.51. The zero-order valence-corrected chi connectivity index (χ0v) is 12.2. The predicted molar refractivity (Wildman–Crippen MR) is 81.5 cm³/mol. The van der Waals surface area contributed by atoms with E-state index >= 15 is 0 Å². The third kappa shape index (κ3) is 2.94. The standard InChI is InChI=1S/C15H12F2N4S/c16-12-7-5-10(6-8-12)14-19-20-15(21(14)18)22-9-11-3-1-2-4-13(11)17/h1-8H,9,18H2. The van der Waals surface area contributed by atoms with Crippen LogP contribution < -0.4 is 5.84 Å². The summed E-state index contributed by atoms with van der Waals surface area (Å²) in [6.07, 6.45) is 0. The van der Waals surface area contributed by atoms with Gasteiger partial charge in [-0.2, -0.15) is 0 Å². The lowest BCUT2D eigenvalue weighted by atomic mass is 10.2. The minimum Gasteiger partial charge on any atom is -0.335 e. The van der Waals surface area contributed by atoms with Gasteiger partial charge in [-0.3, -0.25) is 0 Å². The molecule has 0 atom stereocenters. The molecular weight excluding hydrogens is 306 g/mol. The summed E-state index contributed by atoms with van der Waals surface area (Å²) in [5.41, 5.74) is 1.23. The molecule has 0 aliphatic heterocycles. The molecular formula is C15H12F2N4S. The highest BCUT2D eigenvalue weighted by atomic mass is 32.2. The number of thioether (sulfide) groups is 1. The second kappa shape index (κ2) is 6.15. The smallest absolute Gasteiger partial charge is 0.210 e. The quantitative estimate of drug-likeness (QED) is 0.593. The summed E-state index contributed by atoms with van der Waals surface area (Å²) in [4.78, 5) is 0. The average molecular weight is 318 g/mol. The molecule has 7 heteroatoms. The largest absolute Gasteiger partial charge is 0.335 e. The number of nitrogens with zero attached hydrogens (tertiary/aromatic N) is 3. The number of rotatable bonds is 4. The first-order valence-electron chi connectivity index (χ1n) is 6.48. The van der Waals surface area contributed by atoms with Crippen LogP contribution in [-0.4, -0.2) is 14.9 Å². The van der Waals surface area contributed by atoms with Crippen LogP contribution in [-0.2, 0) is 5.75 Å². The Morgan fingerprint density at radius 2 is 1.73 bits per heavy atom. The van der Waals surface area contributed by atoms with Crippen LogP contribution in [0.2, 0.25) is 0 Å². The zero-order chi connectivity index (χ0) is 15.5. The lowest BCUT2D eigenvalue weighted by molar-refractivity contribution is 0.617. The molecule has 1 heterocycles. The van der Waals surface area contributed by atoms with Gasteiger partial charge in [0.2, 0.25) is 5.16 Å². The van der Waals surface area contributed by atoms with Crippen molar-refractivity contribution in [1.82, 2.24) is 14.9 Å². The number of benzene rings is 2. The maximum atomic E-state index is 13.6. The molecule has 2 aromatic carbocycles. The van der Waals surface area contributed by atoms with E-state index in [1.165, 1.54) is 34.6 Å². The van der Waals surface area contributed by atoms with Crippen LogP contribution in [0.3, 0.4) is 0 Å². The van der Waals surface area contributed by atoms with Crippen molar-refractivity contribution in [2.45, 2.75) is 10.9 Å². The Bertz CT molecular complexity index is 786. The number of halogens is 2. The van der Waals surface area contributed by atoms with Crippen molar-refractivity contribution in [3.05, 3.63) is 65.7 Å². The average Bonchev–Trinajstić information content (AvgIpc) is 2.88. The van der Waals surface area contributed by atoms with Gasteiger partial charge in [-0.15, -0.1) is 10.2 Å². The number of nitrogens with two attached hydrogens (primary N) is 1. The van der Waals surface area contributed by atoms with E-state index < -0.39 is 0 Å². The lowest BCUT2D eigenvalue weighted by Crippen LogP contribution is -2.11. The third-order valence-electron chi connectivity index (χ3n) is 3.08. The summed E-state index contributed by atoms with van der Waals surface area (Å²) < 4.78 is 27.8. The Kier molecular flexibility index (Phi) is 4.06. The summed E-state index contributed by atoms with van der Waals surface area (Å²) in [7, 11) is 0. The van der Waals surface area contributed by atoms with Gasteiger partial charge in [-0.25, -0.2) is 13.5 Å². The first kappa shape index (κ1) is 14.5. The second-order valence-electron chi connectivity index (χ2n) is 4.56. The number of nitrogen functional groups attached to an aromatic ring is 1. The Morgan fingerprint density at radius 3 is 2.45 bits per heavy atom. The van der Waals surface area contributed by atoms with Crippen molar-refractivity contribution in [3.63, 3.8) is 0 Å². The van der Waals surface area contributed by atoms with E-state index in [0.29, 0.717) is 27.9 Å². The van der Waals surface area contributed by atoms with Crippen LogP contribution in [0, 0.1) is 11.6 Å². The number of hydrogen-bond acceptors (Lipinski definition) is 4. The molecule has 1 aromatic heterocycles. The van der Waals surface area contributed by atoms with E-state index in [0.717, 1.165) is 0 Å². The van der Waals surface area contributed by atoms with Crippen molar-refractivity contribution in [1.29, 1.82) is 0 Å². The Hall–Kier alpha value is -2.41. The van der Waals surface area contributed by atoms with E-state index in [2.05, 4.69) is 10.2 Å². The van der Waals surface area contributed by atoms with E-state index in [1.54, 1.807) is 30.3 Å². The molecule has 0 saturated heterocycles. The molecule has 0 saturated carbocycles. The SMILES string of the molecule is Nn1c(SCc2ccccc2F)nnc1-c1ccc(F)cc1. The van der Waals surface area contributed by atoms with E-state index in [9.17, 15) is 8.78 Å². The molecule has 0 bridgehead atoms. The van der Waals surface area contributed by atoms with Gasteiger partial charge in [0.05, 0.1) is 0 Å². The summed E-state index contributed by atoms with van der Waals surface area (Å²) in [6, 6.07) is 12.3. The van der Waals surface area contributed by atoms with Crippen molar-refractivity contribution < 1.29 is 8.78 Å². The van der Waals surface area contributed by atoms with Crippen LogP contribution >= 0.6 is 11.8 Å².